The summed E-state index contributed by atoms with van der Waals surface area (Å²) < 4.78 is 26.7. The second-order valence-electron chi connectivity index (χ2n) is 9.35. The van der Waals surface area contributed by atoms with Crippen molar-refractivity contribution in [2.24, 2.45) is 0 Å². The Hall–Kier alpha value is -2.62. The molecule has 2 aromatic carbocycles. The fourth-order valence-corrected chi connectivity index (χ4v) is 6.74. The van der Waals surface area contributed by atoms with Crippen LogP contribution in [0.3, 0.4) is 0 Å². The van der Waals surface area contributed by atoms with Gasteiger partial charge in [0.15, 0.2) is 0 Å². The van der Waals surface area contributed by atoms with Crippen LogP contribution < -0.4 is 5.32 Å². The molecule has 11 heteroatoms. The average Bonchev–Trinajstić information content (AvgIpc) is 3.07. The number of rotatable bonds is 8. The summed E-state index contributed by atoms with van der Waals surface area (Å²) >= 11 is 12.2. The number of nitrogens with zero attached hydrogens (tertiary/aromatic N) is 2. The number of fused-ring (bicyclic) bond motifs is 1. The van der Waals surface area contributed by atoms with Gasteiger partial charge in [-0.3, -0.25) is 14.4 Å². The molecule has 2 aliphatic rings. The zero-order valence-electron chi connectivity index (χ0n) is 20.5. The van der Waals surface area contributed by atoms with Gasteiger partial charge in [0, 0.05) is 12.6 Å². The van der Waals surface area contributed by atoms with E-state index in [1.165, 1.54) is 23.1 Å². The molecule has 1 aliphatic carbocycles. The SMILES string of the molecule is CCC(C(=O)NC1CCCCC1)N(Cc1ccc(Cl)c(Cl)c1)C(=O)CN1C(=O)c2ccccc2S1(=O)=O. The molecule has 0 bridgehead atoms. The predicted octanol–water partition coefficient (Wildman–Crippen LogP) is 4.39. The molecule has 8 nitrogen and oxygen atoms in total. The number of sulfonamides is 1. The van der Waals surface area contributed by atoms with Crippen molar-refractivity contribution >= 4 is 50.9 Å². The van der Waals surface area contributed by atoms with Gasteiger partial charge in [-0.2, -0.15) is 0 Å². The van der Waals surface area contributed by atoms with E-state index in [1.54, 1.807) is 31.2 Å². The van der Waals surface area contributed by atoms with E-state index in [9.17, 15) is 22.8 Å². The number of nitrogens with one attached hydrogen (secondary N) is 1. The molecule has 37 heavy (non-hydrogen) atoms. The monoisotopic (exact) mass is 565 g/mol. The Bertz CT molecular complexity index is 1310. The molecule has 1 saturated carbocycles. The first-order valence-electron chi connectivity index (χ1n) is 12.3. The Labute approximate surface area is 227 Å². The van der Waals surface area contributed by atoms with E-state index in [0.717, 1.165) is 32.1 Å². The molecule has 1 atom stereocenters. The molecule has 0 aromatic heterocycles. The summed E-state index contributed by atoms with van der Waals surface area (Å²) in [6.07, 6.45) is 5.24. The van der Waals surface area contributed by atoms with E-state index in [4.69, 9.17) is 23.2 Å². The standard InChI is InChI=1S/C26H29Cl2N3O5S/c1-2-22(25(33)29-18-8-4-3-5-9-18)30(15-17-12-13-20(27)21(28)14-17)24(32)16-31-26(34)19-10-6-7-11-23(19)37(31,35)36/h6-7,10-14,18,22H,2-5,8-9,15-16H2,1H3,(H,29,33). The topological polar surface area (TPSA) is 104 Å². The largest absolute Gasteiger partial charge is 0.352 e. The molecule has 1 fully saturated rings. The minimum absolute atomic E-state index is 0.0126. The van der Waals surface area contributed by atoms with Gasteiger partial charge in [0.05, 0.1) is 15.6 Å². The van der Waals surface area contributed by atoms with Gasteiger partial charge < -0.3 is 10.2 Å². The van der Waals surface area contributed by atoms with Crippen molar-refractivity contribution in [2.45, 2.75) is 69.0 Å². The smallest absolute Gasteiger partial charge is 0.269 e. The molecule has 1 N–H and O–H groups in total. The molecule has 3 amide bonds. The lowest BCUT2D eigenvalue weighted by Crippen LogP contribution is -2.53. The van der Waals surface area contributed by atoms with Crippen LogP contribution in [0, 0.1) is 0 Å². The quantitative estimate of drug-likeness (QED) is 0.511. The summed E-state index contributed by atoms with van der Waals surface area (Å²) in [6, 6.07) is 9.89. The lowest BCUT2D eigenvalue weighted by atomic mass is 9.95. The van der Waals surface area contributed by atoms with Gasteiger partial charge >= 0.3 is 0 Å². The summed E-state index contributed by atoms with van der Waals surface area (Å²) in [5, 5.41) is 3.70. The van der Waals surface area contributed by atoms with Gasteiger partial charge in [-0.25, -0.2) is 12.7 Å². The van der Waals surface area contributed by atoms with E-state index >= 15 is 0 Å². The van der Waals surface area contributed by atoms with Crippen molar-refractivity contribution in [2.75, 3.05) is 6.54 Å². The fraction of sp³-hybridized carbons (Fsp3) is 0.423. The number of hydrogen-bond acceptors (Lipinski definition) is 5. The van der Waals surface area contributed by atoms with Crippen LogP contribution >= 0.6 is 23.2 Å². The molecular formula is C26H29Cl2N3O5S. The summed E-state index contributed by atoms with van der Waals surface area (Å²) in [4.78, 5) is 41.1. The third-order valence-corrected chi connectivity index (χ3v) is 9.39. The van der Waals surface area contributed by atoms with Gasteiger partial charge in [-0.1, -0.05) is 67.6 Å². The van der Waals surface area contributed by atoms with Gasteiger partial charge in [0.1, 0.15) is 17.5 Å². The van der Waals surface area contributed by atoms with Crippen LogP contribution in [0.4, 0.5) is 0 Å². The van der Waals surface area contributed by atoms with Crippen LogP contribution in [0.1, 0.15) is 61.4 Å². The maximum absolute atomic E-state index is 13.7. The normalized spacial score (nSPS) is 17.8. The van der Waals surface area contributed by atoms with E-state index in [-0.39, 0.29) is 29.0 Å². The molecule has 198 valence electrons. The molecule has 1 unspecified atom stereocenters. The van der Waals surface area contributed by atoms with E-state index in [2.05, 4.69) is 5.32 Å². The second-order valence-corrected chi connectivity index (χ2v) is 12.0. The first-order valence-corrected chi connectivity index (χ1v) is 14.5. The highest BCUT2D eigenvalue weighted by atomic mass is 35.5. The van der Waals surface area contributed by atoms with Crippen molar-refractivity contribution in [1.82, 2.24) is 14.5 Å². The molecule has 1 heterocycles. The van der Waals surface area contributed by atoms with E-state index < -0.39 is 34.4 Å². The molecule has 4 rings (SSSR count). The van der Waals surface area contributed by atoms with Crippen LogP contribution in [0.15, 0.2) is 47.4 Å². The van der Waals surface area contributed by atoms with Gasteiger partial charge in [0.2, 0.25) is 11.8 Å². The summed E-state index contributed by atoms with van der Waals surface area (Å²) in [7, 11) is -4.19. The van der Waals surface area contributed by atoms with Gasteiger partial charge in [0.25, 0.3) is 15.9 Å². The Balaban J connectivity index is 1.62. The second kappa shape index (κ2) is 11.4. The maximum Gasteiger partial charge on any atom is 0.269 e. The minimum atomic E-state index is -4.19. The molecule has 0 spiro atoms. The van der Waals surface area contributed by atoms with Crippen LogP contribution in [-0.4, -0.2) is 54.0 Å². The Morgan fingerprint density at radius 3 is 2.43 bits per heavy atom. The van der Waals surface area contributed by atoms with E-state index in [1.807, 2.05) is 0 Å². The minimum Gasteiger partial charge on any atom is -0.352 e. The van der Waals surface area contributed by atoms with Crippen LogP contribution in [0.5, 0.6) is 0 Å². The lowest BCUT2D eigenvalue weighted by molar-refractivity contribution is -0.141. The van der Waals surface area contributed by atoms with Gasteiger partial charge in [-0.15, -0.1) is 0 Å². The number of carbonyl (C=O) groups is 3. The number of carbonyl (C=O) groups excluding carboxylic acids is 3. The van der Waals surface area contributed by atoms with E-state index in [0.29, 0.717) is 26.3 Å². The predicted molar refractivity (Wildman–Crippen MR) is 141 cm³/mol. The summed E-state index contributed by atoms with van der Waals surface area (Å²) in [6.45, 7) is 1.06. The van der Waals surface area contributed by atoms with Crippen molar-refractivity contribution in [3.8, 4) is 0 Å². The Morgan fingerprint density at radius 2 is 1.78 bits per heavy atom. The molecule has 0 saturated heterocycles. The fourth-order valence-electron chi connectivity index (χ4n) is 4.90. The number of hydrogen-bond donors (Lipinski definition) is 1. The first-order chi connectivity index (χ1) is 17.6. The number of benzene rings is 2. The zero-order chi connectivity index (χ0) is 26.7. The highest BCUT2D eigenvalue weighted by Crippen LogP contribution is 2.30. The lowest BCUT2D eigenvalue weighted by Gasteiger charge is -2.33. The molecule has 2 aromatic rings. The molecule has 0 radical (unpaired) electrons. The highest BCUT2D eigenvalue weighted by Gasteiger charge is 2.43. The zero-order valence-corrected chi connectivity index (χ0v) is 22.8. The third-order valence-electron chi connectivity index (χ3n) is 6.87. The third kappa shape index (κ3) is 5.78. The average molecular weight is 567 g/mol. The van der Waals surface area contributed by atoms with Crippen LogP contribution in [0.2, 0.25) is 10.0 Å². The number of amides is 3. The molecule has 1 aliphatic heterocycles. The van der Waals surface area contributed by atoms with Crippen molar-refractivity contribution in [3.63, 3.8) is 0 Å². The highest BCUT2D eigenvalue weighted by molar-refractivity contribution is 7.90. The first kappa shape index (κ1) is 27.4. The van der Waals surface area contributed by atoms with Crippen molar-refractivity contribution < 1.29 is 22.8 Å². The van der Waals surface area contributed by atoms with Crippen molar-refractivity contribution in [3.05, 3.63) is 63.6 Å². The van der Waals surface area contributed by atoms with Crippen molar-refractivity contribution in [1.29, 1.82) is 0 Å². The summed E-state index contributed by atoms with van der Waals surface area (Å²) in [5.41, 5.74) is 0.638. The Kier molecular flexibility index (Phi) is 8.46. The summed E-state index contributed by atoms with van der Waals surface area (Å²) in [5.74, 6) is -1.73. The molecular weight excluding hydrogens is 537 g/mol. The van der Waals surface area contributed by atoms with Crippen LogP contribution in [0.25, 0.3) is 0 Å². The Morgan fingerprint density at radius 1 is 1.08 bits per heavy atom. The van der Waals surface area contributed by atoms with Gasteiger partial charge in [-0.05, 0) is 49.1 Å². The maximum atomic E-state index is 13.7. The number of halogens is 2. The van der Waals surface area contributed by atoms with Crippen LogP contribution in [-0.2, 0) is 26.2 Å².